The summed E-state index contributed by atoms with van der Waals surface area (Å²) in [7, 11) is -1.51. The number of aryl methyl sites for hydroxylation is 1. The van der Waals surface area contributed by atoms with Crippen molar-refractivity contribution in [3.63, 3.8) is 0 Å². The Balaban J connectivity index is 2.01. The number of hydrogen-bond donors (Lipinski definition) is 5. The Morgan fingerprint density at radius 2 is 1.94 bits per heavy atom. The monoisotopic (exact) mass is 498 g/mol. The van der Waals surface area contributed by atoms with Gasteiger partial charge in [0.15, 0.2) is 5.76 Å². The van der Waals surface area contributed by atoms with Crippen LogP contribution in [0.25, 0.3) is 0 Å². The molecule has 1 heterocycles. The van der Waals surface area contributed by atoms with Gasteiger partial charge in [-0.15, -0.1) is 11.3 Å². The molecule has 0 aliphatic heterocycles. The second-order valence-electron chi connectivity index (χ2n) is 7.40. The highest BCUT2D eigenvalue weighted by Gasteiger charge is 2.24. The standard InChI is InChI=1S/C24H24FN4O3PS/c1-14-5-10-17(18(12-14)33(2)32)29-23(27)20(22(30)21(26)19-4-3-11-34-19)24(31)28-13-15-6-8-16(25)9-7-15/h3-12,26,30,32H,13H2,1-2H3,(H2,27,29)(H,28,31). The summed E-state index contributed by atoms with van der Waals surface area (Å²) >= 11 is 1.23. The number of rotatable bonds is 8. The van der Waals surface area contributed by atoms with Crippen LogP contribution in [-0.4, -0.2) is 34.1 Å². The molecule has 1 amide bonds. The Bertz CT molecular complexity index is 1260. The van der Waals surface area contributed by atoms with E-state index in [4.69, 9.17) is 11.1 Å². The summed E-state index contributed by atoms with van der Waals surface area (Å²) < 4.78 is 13.2. The smallest absolute Gasteiger partial charge is 0.259 e. The maximum atomic E-state index is 13.2. The van der Waals surface area contributed by atoms with E-state index in [1.54, 1.807) is 42.4 Å². The Morgan fingerprint density at radius 3 is 2.56 bits per heavy atom. The van der Waals surface area contributed by atoms with Gasteiger partial charge in [-0.2, -0.15) is 0 Å². The number of thiophene rings is 1. The second kappa shape index (κ2) is 11.2. The summed E-state index contributed by atoms with van der Waals surface area (Å²) in [5.41, 5.74) is 7.47. The number of halogens is 1. The number of aliphatic hydroxyl groups excluding tert-OH is 1. The molecule has 7 nitrogen and oxygen atoms in total. The first-order chi connectivity index (χ1) is 16.2. The van der Waals surface area contributed by atoms with Gasteiger partial charge in [-0.1, -0.05) is 29.8 Å². The number of amidine groups is 1. The number of benzene rings is 2. The Hall–Kier alpha value is -3.39. The molecule has 0 spiro atoms. The van der Waals surface area contributed by atoms with Gasteiger partial charge in [0.05, 0.1) is 18.7 Å². The SMILES string of the molecule is Cc1ccc(N=C(N)C(C(=O)NCc2ccc(F)cc2)=C(O)C(=N)c2cccs2)c(P(C)O)c1. The zero-order valence-electron chi connectivity index (χ0n) is 18.5. The third kappa shape index (κ3) is 6.14. The molecule has 0 radical (unpaired) electrons. The minimum atomic E-state index is -1.51. The maximum absolute atomic E-state index is 13.2. The van der Waals surface area contributed by atoms with E-state index >= 15 is 0 Å². The normalized spacial score (nSPS) is 13.2. The summed E-state index contributed by atoms with van der Waals surface area (Å²) in [6.45, 7) is 3.57. The number of nitrogens with two attached hydrogens (primary N) is 1. The van der Waals surface area contributed by atoms with Crippen molar-refractivity contribution in [1.82, 2.24) is 5.32 Å². The van der Waals surface area contributed by atoms with Crippen molar-refractivity contribution < 1.29 is 19.2 Å². The fourth-order valence-electron chi connectivity index (χ4n) is 3.05. The third-order valence-electron chi connectivity index (χ3n) is 4.81. The van der Waals surface area contributed by atoms with Crippen molar-refractivity contribution in [1.29, 1.82) is 5.41 Å². The molecule has 176 valence electrons. The average Bonchev–Trinajstić information content (AvgIpc) is 3.34. The largest absolute Gasteiger partial charge is 0.505 e. The molecule has 1 unspecified atom stereocenters. The van der Waals surface area contributed by atoms with Crippen LogP contribution in [0.2, 0.25) is 0 Å². The quantitative estimate of drug-likeness (QED) is 0.105. The van der Waals surface area contributed by atoms with Crippen LogP contribution in [-0.2, 0) is 11.3 Å². The van der Waals surface area contributed by atoms with E-state index in [2.05, 4.69) is 10.3 Å². The van der Waals surface area contributed by atoms with Crippen LogP contribution in [0.5, 0.6) is 0 Å². The summed E-state index contributed by atoms with van der Waals surface area (Å²) in [5.74, 6) is -2.09. The zero-order chi connectivity index (χ0) is 24.8. The molecule has 0 fully saturated rings. The lowest BCUT2D eigenvalue weighted by molar-refractivity contribution is -0.117. The molecule has 0 saturated heterocycles. The van der Waals surface area contributed by atoms with Crippen LogP contribution in [0.4, 0.5) is 10.1 Å². The number of aliphatic hydroxyl groups is 1. The summed E-state index contributed by atoms with van der Waals surface area (Å²) in [4.78, 5) is 28.1. The van der Waals surface area contributed by atoms with Gasteiger partial charge in [-0.3, -0.25) is 10.2 Å². The van der Waals surface area contributed by atoms with Crippen molar-refractivity contribution in [2.24, 2.45) is 10.7 Å². The fraction of sp³-hybridized carbons (Fsp3) is 0.125. The summed E-state index contributed by atoms with van der Waals surface area (Å²) in [6, 6.07) is 14.2. The van der Waals surface area contributed by atoms with Crippen LogP contribution < -0.4 is 16.4 Å². The van der Waals surface area contributed by atoms with E-state index < -0.39 is 25.6 Å². The van der Waals surface area contributed by atoms with Crippen LogP contribution >= 0.6 is 19.5 Å². The van der Waals surface area contributed by atoms with E-state index in [-0.39, 0.29) is 23.7 Å². The van der Waals surface area contributed by atoms with E-state index in [0.717, 1.165) is 5.56 Å². The number of carbonyl (C=O) groups is 1. The molecule has 0 aliphatic carbocycles. The molecule has 0 saturated carbocycles. The molecule has 1 atom stereocenters. The lowest BCUT2D eigenvalue weighted by Gasteiger charge is -2.14. The van der Waals surface area contributed by atoms with Gasteiger partial charge in [0.2, 0.25) is 0 Å². The fourth-order valence-corrected chi connectivity index (χ4v) is 4.58. The van der Waals surface area contributed by atoms with E-state index in [9.17, 15) is 19.2 Å². The highest BCUT2D eigenvalue weighted by Crippen LogP contribution is 2.30. The Kier molecular flexibility index (Phi) is 8.28. The van der Waals surface area contributed by atoms with Crippen molar-refractivity contribution in [2.45, 2.75) is 13.5 Å². The van der Waals surface area contributed by atoms with Crippen LogP contribution in [0.1, 0.15) is 16.0 Å². The first-order valence-electron chi connectivity index (χ1n) is 10.1. The van der Waals surface area contributed by atoms with Crippen molar-refractivity contribution in [3.8, 4) is 0 Å². The lowest BCUT2D eigenvalue weighted by atomic mass is 10.1. The van der Waals surface area contributed by atoms with Gasteiger partial charge >= 0.3 is 0 Å². The molecular weight excluding hydrogens is 474 g/mol. The van der Waals surface area contributed by atoms with Crippen LogP contribution in [0, 0.1) is 18.2 Å². The van der Waals surface area contributed by atoms with Gasteiger partial charge in [-0.05, 0) is 54.9 Å². The number of nitrogens with one attached hydrogen (secondary N) is 2. The molecule has 0 bridgehead atoms. The predicted octanol–water partition coefficient (Wildman–Crippen LogP) is 4.03. The first-order valence-corrected chi connectivity index (χ1v) is 12.8. The predicted molar refractivity (Wildman–Crippen MR) is 136 cm³/mol. The van der Waals surface area contributed by atoms with Crippen LogP contribution in [0.3, 0.4) is 0 Å². The topological polar surface area (TPSA) is 132 Å². The van der Waals surface area contributed by atoms with Crippen molar-refractivity contribution >= 4 is 47.9 Å². The molecule has 6 N–H and O–H groups in total. The average molecular weight is 499 g/mol. The highest BCUT2D eigenvalue weighted by atomic mass is 32.1. The zero-order valence-corrected chi connectivity index (χ0v) is 20.3. The number of allylic oxidation sites excluding steroid dienone is 1. The van der Waals surface area contributed by atoms with E-state index in [1.165, 1.54) is 35.6 Å². The van der Waals surface area contributed by atoms with Crippen molar-refractivity contribution in [2.75, 3.05) is 6.66 Å². The maximum Gasteiger partial charge on any atom is 0.259 e. The molecule has 2 aromatic carbocycles. The van der Waals surface area contributed by atoms with Crippen molar-refractivity contribution in [3.05, 3.63) is 93.1 Å². The summed E-state index contributed by atoms with van der Waals surface area (Å²) in [6.07, 6.45) is 0. The number of nitrogens with zero attached hydrogens (tertiary/aromatic N) is 1. The van der Waals surface area contributed by atoms with Gasteiger partial charge in [-0.25, -0.2) is 9.38 Å². The van der Waals surface area contributed by atoms with Gasteiger partial charge in [0.25, 0.3) is 5.91 Å². The van der Waals surface area contributed by atoms with Gasteiger partial charge in [0.1, 0.15) is 22.9 Å². The number of amides is 1. The van der Waals surface area contributed by atoms with E-state index in [0.29, 0.717) is 21.4 Å². The molecule has 3 aromatic rings. The van der Waals surface area contributed by atoms with Gasteiger partial charge in [0, 0.05) is 11.8 Å². The molecule has 1 aromatic heterocycles. The molecule has 3 rings (SSSR count). The second-order valence-corrected chi connectivity index (χ2v) is 9.87. The molecule has 34 heavy (non-hydrogen) atoms. The van der Waals surface area contributed by atoms with E-state index in [1.807, 2.05) is 6.92 Å². The third-order valence-corrected chi connectivity index (χ3v) is 6.75. The Morgan fingerprint density at radius 1 is 1.24 bits per heavy atom. The number of aliphatic imine (C=N–C) groups is 1. The Labute approximate surface area is 201 Å². The minimum absolute atomic E-state index is 0.0438. The lowest BCUT2D eigenvalue weighted by Crippen LogP contribution is -2.34. The molecule has 0 aliphatic rings. The first kappa shape index (κ1) is 25.2. The highest BCUT2D eigenvalue weighted by molar-refractivity contribution is 7.59. The molecule has 10 heteroatoms. The minimum Gasteiger partial charge on any atom is -0.505 e. The number of carbonyl (C=O) groups excluding carboxylic acids is 1. The molecular formula is C24H24FN4O3PS. The number of hydrogen-bond acceptors (Lipinski definition) is 6. The van der Waals surface area contributed by atoms with Gasteiger partial charge < -0.3 is 21.1 Å². The van der Waals surface area contributed by atoms with Crippen LogP contribution in [0.15, 0.2) is 76.3 Å². The summed E-state index contributed by atoms with van der Waals surface area (Å²) in [5, 5.41) is 24.2.